The van der Waals surface area contributed by atoms with Crippen molar-refractivity contribution in [2.75, 3.05) is 0 Å². The van der Waals surface area contributed by atoms with Crippen molar-refractivity contribution in [1.29, 1.82) is 0 Å². The first kappa shape index (κ1) is 23.4. The maximum absolute atomic E-state index is 14.2. The van der Waals surface area contributed by atoms with E-state index in [9.17, 15) is 23.2 Å². The van der Waals surface area contributed by atoms with Gasteiger partial charge in [0.05, 0.1) is 6.20 Å². The zero-order valence-corrected chi connectivity index (χ0v) is 19.3. The number of benzene rings is 1. The predicted octanol–water partition coefficient (Wildman–Crippen LogP) is 5.81. The van der Waals surface area contributed by atoms with Crippen LogP contribution in [0.25, 0.3) is 11.3 Å². The zero-order chi connectivity index (χ0) is 23.9. The Bertz CT molecular complexity index is 1090. The maximum Gasteiger partial charge on any atom is 0.152 e. The molecule has 2 aliphatic rings. The van der Waals surface area contributed by atoms with Gasteiger partial charge in [-0.15, -0.1) is 0 Å². The molecule has 2 aromatic rings. The summed E-state index contributed by atoms with van der Waals surface area (Å²) < 4.78 is 27.5. The number of pyridine rings is 1. The van der Waals surface area contributed by atoms with Gasteiger partial charge in [-0.2, -0.15) is 0 Å². The molecule has 0 radical (unpaired) electrons. The molecule has 1 spiro atoms. The van der Waals surface area contributed by atoms with Gasteiger partial charge >= 0.3 is 0 Å². The molecule has 1 aromatic heterocycles. The van der Waals surface area contributed by atoms with Crippen molar-refractivity contribution in [3.8, 4) is 11.3 Å². The van der Waals surface area contributed by atoms with Crippen LogP contribution in [0.4, 0.5) is 8.78 Å². The summed E-state index contributed by atoms with van der Waals surface area (Å²) in [6.45, 7) is 5.49. The smallest absolute Gasteiger partial charge is 0.152 e. The molecular formula is C27H29F2NO3. The van der Waals surface area contributed by atoms with Crippen LogP contribution in [-0.4, -0.2) is 22.3 Å². The predicted molar refractivity (Wildman–Crippen MR) is 121 cm³/mol. The lowest BCUT2D eigenvalue weighted by Gasteiger charge is -2.43. The van der Waals surface area contributed by atoms with Crippen molar-refractivity contribution in [2.24, 2.45) is 11.3 Å². The number of carbonyl (C=O) groups is 3. The van der Waals surface area contributed by atoms with Gasteiger partial charge in [-0.3, -0.25) is 19.4 Å². The van der Waals surface area contributed by atoms with E-state index in [4.69, 9.17) is 0 Å². The second-order valence-corrected chi connectivity index (χ2v) is 9.82. The van der Waals surface area contributed by atoms with Gasteiger partial charge in [-0.1, -0.05) is 6.92 Å². The highest BCUT2D eigenvalue weighted by molar-refractivity contribution is 6.10. The van der Waals surface area contributed by atoms with Crippen LogP contribution in [0, 0.1) is 36.8 Å². The average Bonchev–Trinajstić information content (AvgIpc) is 2.75. The fraction of sp³-hybridized carbons (Fsp3) is 0.481. The van der Waals surface area contributed by atoms with E-state index in [1.165, 1.54) is 0 Å². The lowest BCUT2D eigenvalue weighted by Crippen LogP contribution is -2.42. The van der Waals surface area contributed by atoms with Crippen LogP contribution >= 0.6 is 0 Å². The minimum Gasteiger partial charge on any atom is -0.299 e. The van der Waals surface area contributed by atoms with Crippen LogP contribution in [-0.2, 0) is 14.4 Å². The van der Waals surface area contributed by atoms with Crippen molar-refractivity contribution in [3.63, 3.8) is 0 Å². The van der Waals surface area contributed by atoms with Crippen molar-refractivity contribution in [3.05, 3.63) is 52.7 Å². The molecule has 1 aromatic carbocycles. The van der Waals surface area contributed by atoms with Gasteiger partial charge in [0.25, 0.3) is 0 Å². The molecule has 0 atom stereocenters. The molecule has 0 aliphatic heterocycles. The maximum atomic E-state index is 14.2. The highest BCUT2D eigenvalue weighted by Gasteiger charge is 2.48. The SMILES string of the molecule is CCC(=O)C1CCC2(CC1)CC(=O)C(c1c(C)cc(-c3ncc(F)cc3F)cc1C)C(=O)C2. The third kappa shape index (κ3) is 4.40. The minimum absolute atomic E-state index is 0.0350. The van der Waals surface area contributed by atoms with E-state index in [0.29, 0.717) is 30.4 Å². The molecule has 6 heteroatoms. The van der Waals surface area contributed by atoms with E-state index >= 15 is 0 Å². The van der Waals surface area contributed by atoms with E-state index in [-0.39, 0.29) is 34.4 Å². The number of rotatable bonds is 4. The molecule has 2 aliphatic carbocycles. The molecule has 0 saturated heterocycles. The number of halogens is 2. The molecule has 1 heterocycles. The van der Waals surface area contributed by atoms with Crippen molar-refractivity contribution in [2.45, 2.75) is 71.6 Å². The molecule has 174 valence electrons. The highest BCUT2D eigenvalue weighted by atomic mass is 19.1. The largest absolute Gasteiger partial charge is 0.299 e. The zero-order valence-electron chi connectivity index (χ0n) is 19.3. The molecule has 2 fully saturated rings. The van der Waals surface area contributed by atoms with E-state index in [1.807, 2.05) is 6.92 Å². The fourth-order valence-corrected chi connectivity index (χ4v) is 5.90. The van der Waals surface area contributed by atoms with Crippen molar-refractivity contribution < 1.29 is 23.2 Å². The second-order valence-electron chi connectivity index (χ2n) is 9.82. The molecule has 0 unspecified atom stereocenters. The Hall–Kier alpha value is -2.76. The number of carbonyl (C=O) groups excluding carboxylic acids is 3. The molecule has 33 heavy (non-hydrogen) atoms. The first-order valence-corrected chi connectivity index (χ1v) is 11.6. The standard InChI is InChI=1S/C27H29F2NO3/c1-4-21(31)17-5-7-27(8-6-17)12-22(32)25(23(33)13-27)24-15(2)9-18(10-16(24)3)26-20(29)11-19(28)14-30-26/h9-11,14,17,25H,4-8,12-13H2,1-3H3. The Balaban J connectivity index is 1.58. The van der Waals surface area contributed by atoms with Gasteiger partial charge in [-0.05, 0) is 73.8 Å². The average molecular weight is 454 g/mol. The van der Waals surface area contributed by atoms with Crippen molar-refractivity contribution >= 4 is 17.3 Å². The summed E-state index contributed by atoms with van der Waals surface area (Å²) in [5.74, 6) is -2.14. The third-order valence-corrected chi connectivity index (χ3v) is 7.56. The summed E-state index contributed by atoms with van der Waals surface area (Å²) in [7, 11) is 0. The summed E-state index contributed by atoms with van der Waals surface area (Å²) in [5.41, 5.74) is 2.31. The quantitative estimate of drug-likeness (QED) is 0.548. The van der Waals surface area contributed by atoms with Crippen LogP contribution in [0.5, 0.6) is 0 Å². The van der Waals surface area contributed by atoms with Crippen LogP contribution in [0.2, 0.25) is 0 Å². The first-order chi connectivity index (χ1) is 15.6. The topological polar surface area (TPSA) is 64.1 Å². The first-order valence-electron chi connectivity index (χ1n) is 11.6. The van der Waals surface area contributed by atoms with Gasteiger partial charge in [-0.25, -0.2) is 8.78 Å². The number of ketones is 3. The summed E-state index contributed by atoms with van der Waals surface area (Å²) in [6, 6.07) is 4.20. The number of Topliss-reactive ketones (excluding diaryl/α,β-unsaturated/α-hetero) is 3. The van der Waals surface area contributed by atoms with Crippen LogP contribution in [0.1, 0.15) is 74.5 Å². The number of aryl methyl sites for hydroxylation is 2. The van der Waals surface area contributed by atoms with E-state index in [2.05, 4.69) is 4.98 Å². The Morgan fingerprint density at radius 3 is 2.12 bits per heavy atom. The van der Waals surface area contributed by atoms with E-state index in [1.54, 1.807) is 26.0 Å². The summed E-state index contributed by atoms with van der Waals surface area (Å²) in [4.78, 5) is 42.5. The fourth-order valence-electron chi connectivity index (χ4n) is 5.90. The monoisotopic (exact) mass is 453 g/mol. The van der Waals surface area contributed by atoms with Gasteiger partial charge in [0.1, 0.15) is 34.8 Å². The third-order valence-electron chi connectivity index (χ3n) is 7.56. The van der Waals surface area contributed by atoms with E-state index < -0.39 is 17.6 Å². The second kappa shape index (κ2) is 8.88. The lowest BCUT2D eigenvalue weighted by atomic mass is 9.59. The minimum atomic E-state index is -0.814. The number of hydrogen-bond donors (Lipinski definition) is 0. The number of nitrogens with zero attached hydrogens (tertiary/aromatic N) is 1. The van der Waals surface area contributed by atoms with E-state index in [0.717, 1.165) is 49.1 Å². The van der Waals surface area contributed by atoms with Gasteiger partial charge in [0.2, 0.25) is 0 Å². The van der Waals surface area contributed by atoms with Crippen LogP contribution in [0.15, 0.2) is 24.4 Å². The van der Waals surface area contributed by atoms with Crippen molar-refractivity contribution in [1.82, 2.24) is 4.98 Å². The molecular weight excluding hydrogens is 424 g/mol. The molecule has 4 nitrogen and oxygen atoms in total. The highest BCUT2D eigenvalue weighted by Crippen LogP contribution is 2.50. The Morgan fingerprint density at radius 1 is 1.03 bits per heavy atom. The lowest BCUT2D eigenvalue weighted by molar-refractivity contribution is -0.138. The number of hydrogen-bond acceptors (Lipinski definition) is 4. The summed E-state index contributed by atoms with van der Waals surface area (Å²) in [6.07, 6.45) is 5.18. The molecule has 4 rings (SSSR count). The Morgan fingerprint density at radius 2 is 1.61 bits per heavy atom. The van der Waals surface area contributed by atoms with Gasteiger partial charge in [0.15, 0.2) is 5.82 Å². The molecule has 2 saturated carbocycles. The molecule has 0 bridgehead atoms. The Labute approximate surface area is 192 Å². The Kier molecular flexibility index (Phi) is 6.30. The van der Waals surface area contributed by atoms with Gasteiger partial charge < -0.3 is 0 Å². The van der Waals surface area contributed by atoms with Crippen LogP contribution in [0.3, 0.4) is 0 Å². The normalized spacial score (nSPS) is 25.5. The molecule has 0 amide bonds. The molecule has 0 N–H and O–H groups in total. The summed E-state index contributed by atoms with van der Waals surface area (Å²) in [5, 5.41) is 0. The number of aromatic nitrogens is 1. The van der Waals surface area contributed by atoms with Gasteiger partial charge in [0, 0.05) is 36.8 Å². The van der Waals surface area contributed by atoms with Crippen LogP contribution < -0.4 is 0 Å². The summed E-state index contributed by atoms with van der Waals surface area (Å²) >= 11 is 0.